The van der Waals surface area contributed by atoms with Gasteiger partial charge in [-0.2, -0.15) is 0 Å². The summed E-state index contributed by atoms with van der Waals surface area (Å²) in [5, 5.41) is 0. The molecule has 0 bridgehead atoms. The highest BCUT2D eigenvalue weighted by molar-refractivity contribution is 5.79. The van der Waals surface area contributed by atoms with E-state index in [1.807, 2.05) is 0 Å². The maximum absolute atomic E-state index is 12.7. The molecule has 4 rings (SSSR count). The van der Waals surface area contributed by atoms with Gasteiger partial charge in [-0.05, 0) is 32.1 Å². The SMILES string of the molecule is COCc1nc([C@@H]2CCOC2)cc(N2CCC(C(=O)N3CCCC3)CC2)n1. The van der Waals surface area contributed by atoms with Crippen molar-refractivity contribution >= 4 is 11.7 Å². The summed E-state index contributed by atoms with van der Waals surface area (Å²) in [4.78, 5) is 26.4. The summed E-state index contributed by atoms with van der Waals surface area (Å²) in [6.45, 7) is 5.57. The minimum absolute atomic E-state index is 0.169. The van der Waals surface area contributed by atoms with Crippen LogP contribution in [0.4, 0.5) is 5.82 Å². The number of hydrogen-bond acceptors (Lipinski definition) is 6. The summed E-state index contributed by atoms with van der Waals surface area (Å²) in [5.41, 5.74) is 1.06. The van der Waals surface area contributed by atoms with E-state index in [4.69, 9.17) is 19.4 Å². The number of anilines is 1. The monoisotopic (exact) mass is 374 g/mol. The zero-order valence-electron chi connectivity index (χ0n) is 16.2. The van der Waals surface area contributed by atoms with E-state index in [1.165, 1.54) is 0 Å². The molecule has 3 aliphatic heterocycles. The van der Waals surface area contributed by atoms with Crippen molar-refractivity contribution in [3.8, 4) is 0 Å². The molecule has 0 radical (unpaired) electrons. The summed E-state index contributed by atoms with van der Waals surface area (Å²) in [6, 6.07) is 2.11. The molecule has 3 aliphatic rings. The standard InChI is InChI=1S/C20H30N4O3/c1-26-14-18-21-17(16-6-11-27-13-16)12-19(22-18)23-9-4-15(5-10-23)20(25)24-7-2-3-8-24/h12,15-16H,2-11,13-14H2,1H3/t16-/m1/s1. The minimum atomic E-state index is 0.169. The minimum Gasteiger partial charge on any atom is -0.381 e. The molecule has 0 N–H and O–H groups in total. The highest BCUT2D eigenvalue weighted by atomic mass is 16.5. The fourth-order valence-corrected chi connectivity index (χ4v) is 4.39. The highest BCUT2D eigenvalue weighted by Crippen LogP contribution is 2.29. The van der Waals surface area contributed by atoms with E-state index >= 15 is 0 Å². The Bertz CT molecular complexity index is 649. The first kappa shape index (κ1) is 18.6. The Kier molecular flexibility index (Phi) is 5.88. The predicted octanol–water partition coefficient (Wildman–Crippen LogP) is 1.97. The third-order valence-electron chi connectivity index (χ3n) is 5.99. The lowest BCUT2D eigenvalue weighted by Gasteiger charge is -2.34. The molecule has 0 aliphatic carbocycles. The number of nitrogens with zero attached hydrogens (tertiary/aromatic N) is 4. The van der Waals surface area contributed by atoms with Gasteiger partial charge in [0.15, 0.2) is 5.82 Å². The van der Waals surface area contributed by atoms with Crippen molar-refractivity contribution in [1.29, 1.82) is 0 Å². The van der Waals surface area contributed by atoms with E-state index in [2.05, 4.69) is 15.9 Å². The van der Waals surface area contributed by atoms with Crippen molar-refractivity contribution in [3.63, 3.8) is 0 Å². The van der Waals surface area contributed by atoms with Crippen molar-refractivity contribution in [2.45, 2.75) is 44.6 Å². The van der Waals surface area contributed by atoms with Gasteiger partial charge in [-0.15, -0.1) is 0 Å². The van der Waals surface area contributed by atoms with Crippen LogP contribution in [0.25, 0.3) is 0 Å². The maximum Gasteiger partial charge on any atom is 0.225 e. The molecule has 1 aromatic heterocycles. The quantitative estimate of drug-likeness (QED) is 0.785. The van der Waals surface area contributed by atoms with Crippen LogP contribution in [0, 0.1) is 5.92 Å². The number of likely N-dealkylation sites (tertiary alicyclic amines) is 1. The van der Waals surface area contributed by atoms with Crippen LogP contribution in [0.5, 0.6) is 0 Å². The van der Waals surface area contributed by atoms with Gasteiger partial charge in [-0.25, -0.2) is 9.97 Å². The summed E-state index contributed by atoms with van der Waals surface area (Å²) in [5.74, 6) is 2.57. The Balaban J connectivity index is 1.44. The van der Waals surface area contributed by atoms with Crippen LogP contribution in [0.15, 0.2) is 6.07 Å². The largest absolute Gasteiger partial charge is 0.381 e. The summed E-state index contributed by atoms with van der Waals surface area (Å²) < 4.78 is 10.8. The van der Waals surface area contributed by atoms with Crippen LogP contribution in [0.2, 0.25) is 0 Å². The Hall–Kier alpha value is -1.73. The Morgan fingerprint density at radius 2 is 1.96 bits per heavy atom. The van der Waals surface area contributed by atoms with Crippen LogP contribution in [-0.4, -0.2) is 67.3 Å². The van der Waals surface area contributed by atoms with Crippen LogP contribution >= 0.6 is 0 Å². The van der Waals surface area contributed by atoms with Gasteiger partial charge >= 0.3 is 0 Å². The molecule has 3 saturated heterocycles. The third kappa shape index (κ3) is 4.24. The zero-order chi connectivity index (χ0) is 18.6. The molecule has 0 unspecified atom stereocenters. The lowest BCUT2D eigenvalue weighted by molar-refractivity contribution is -0.135. The molecule has 27 heavy (non-hydrogen) atoms. The highest BCUT2D eigenvalue weighted by Gasteiger charge is 2.31. The molecule has 1 amide bonds. The van der Waals surface area contributed by atoms with Crippen LogP contribution in [0.1, 0.15) is 49.5 Å². The number of aromatic nitrogens is 2. The van der Waals surface area contributed by atoms with Gasteiger partial charge in [0.1, 0.15) is 12.4 Å². The second kappa shape index (κ2) is 8.52. The van der Waals surface area contributed by atoms with Crippen LogP contribution in [-0.2, 0) is 20.9 Å². The number of carbonyl (C=O) groups is 1. The molecule has 1 atom stereocenters. The maximum atomic E-state index is 12.7. The van der Waals surface area contributed by atoms with Gasteiger partial charge in [-0.3, -0.25) is 4.79 Å². The molecule has 3 fully saturated rings. The molecule has 0 saturated carbocycles. The van der Waals surface area contributed by atoms with E-state index in [9.17, 15) is 4.79 Å². The van der Waals surface area contributed by atoms with Crippen molar-refractivity contribution in [2.24, 2.45) is 5.92 Å². The zero-order valence-corrected chi connectivity index (χ0v) is 16.2. The van der Waals surface area contributed by atoms with Crippen LogP contribution in [0.3, 0.4) is 0 Å². The fourth-order valence-electron chi connectivity index (χ4n) is 4.39. The summed E-state index contributed by atoms with van der Waals surface area (Å²) in [7, 11) is 1.67. The smallest absolute Gasteiger partial charge is 0.225 e. The van der Waals surface area contributed by atoms with Gasteiger partial charge in [0.2, 0.25) is 5.91 Å². The predicted molar refractivity (Wildman–Crippen MR) is 102 cm³/mol. The molecule has 4 heterocycles. The van der Waals surface area contributed by atoms with Gasteiger partial charge < -0.3 is 19.3 Å². The Labute approximate surface area is 161 Å². The molecule has 7 nitrogen and oxygen atoms in total. The molecular formula is C20H30N4O3. The number of amides is 1. The van der Waals surface area contributed by atoms with Crippen molar-refractivity contribution < 1.29 is 14.3 Å². The van der Waals surface area contributed by atoms with Gasteiger partial charge in [0, 0.05) is 57.8 Å². The first-order valence-electron chi connectivity index (χ1n) is 10.2. The number of hydrogen-bond donors (Lipinski definition) is 0. The number of piperidine rings is 1. The lowest BCUT2D eigenvalue weighted by atomic mass is 9.95. The van der Waals surface area contributed by atoms with Gasteiger partial charge in [0.25, 0.3) is 0 Å². The van der Waals surface area contributed by atoms with Crippen molar-refractivity contribution in [3.05, 3.63) is 17.6 Å². The van der Waals surface area contributed by atoms with E-state index < -0.39 is 0 Å². The molecule has 0 aromatic carbocycles. The number of rotatable bonds is 5. The first-order chi connectivity index (χ1) is 13.2. The van der Waals surface area contributed by atoms with E-state index in [0.717, 1.165) is 88.8 Å². The Morgan fingerprint density at radius 3 is 2.63 bits per heavy atom. The topological polar surface area (TPSA) is 67.8 Å². The average Bonchev–Trinajstić information content (AvgIpc) is 3.41. The molecule has 148 valence electrons. The number of methoxy groups -OCH3 is 1. The second-order valence-corrected chi connectivity index (χ2v) is 7.85. The fraction of sp³-hybridized carbons (Fsp3) is 0.750. The molecular weight excluding hydrogens is 344 g/mol. The third-order valence-corrected chi connectivity index (χ3v) is 5.99. The summed E-state index contributed by atoms with van der Waals surface area (Å²) in [6.07, 6.45) is 5.12. The van der Waals surface area contributed by atoms with Crippen LogP contribution < -0.4 is 4.90 Å². The number of carbonyl (C=O) groups excluding carboxylic acids is 1. The summed E-state index contributed by atoms with van der Waals surface area (Å²) >= 11 is 0. The van der Waals surface area contributed by atoms with Gasteiger partial charge in [0.05, 0.1) is 12.3 Å². The van der Waals surface area contributed by atoms with E-state index in [-0.39, 0.29) is 5.92 Å². The van der Waals surface area contributed by atoms with Gasteiger partial charge in [-0.1, -0.05) is 0 Å². The van der Waals surface area contributed by atoms with Crippen molar-refractivity contribution in [1.82, 2.24) is 14.9 Å². The molecule has 7 heteroatoms. The molecule has 0 spiro atoms. The normalized spacial score (nSPS) is 24.0. The second-order valence-electron chi connectivity index (χ2n) is 7.85. The lowest BCUT2D eigenvalue weighted by Crippen LogP contribution is -2.42. The molecule has 1 aromatic rings. The van der Waals surface area contributed by atoms with Crippen molar-refractivity contribution in [2.75, 3.05) is 51.4 Å². The van der Waals surface area contributed by atoms with E-state index in [1.54, 1.807) is 7.11 Å². The average molecular weight is 374 g/mol. The first-order valence-corrected chi connectivity index (χ1v) is 10.2. The van der Waals surface area contributed by atoms with E-state index in [0.29, 0.717) is 18.4 Å². The number of ether oxygens (including phenoxy) is 2. The Morgan fingerprint density at radius 1 is 1.19 bits per heavy atom.